The molecule has 1 aliphatic rings. The summed E-state index contributed by atoms with van der Waals surface area (Å²) in [4.78, 5) is 39.5. The molecule has 0 bridgehead atoms. The molecular weight excluding hydrogens is 424 g/mol. The van der Waals surface area contributed by atoms with Gasteiger partial charge in [-0.05, 0) is 30.7 Å². The molecule has 2 N–H and O–H groups in total. The van der Waals surface area contributed by atoms with Crippen LogP contribution in [0.4, 0.5) is 0 Å². The summed E-state index contributed by atoms with van der Waals surface area (Å²) in [5.41, 5.74) is -0.468. The number of benzene rings is 2. The van der Waals surface area contributed by atoms with Gasteiger partial charge in [-0.3, -0.25) is 9.59 Å². The molecule has 1 heterocycles. The Labute approximate surface area is 193 Å². The highest BCUT2D eigenvalue weighted by molar-refractivity contribution is 5.92. The van der Waals surface area contributed by atoms with Crippen LogP contribution >= 0.6 is 0 Å². The summed E-state index contributed by atoms with van der Waals surface area (Å²) in [5.74, 6) is -0.933. The van der Waals surface area contributed by atoms with Gasteiger partial charge in [-0.15, -0.1) is 0 Å². The van der Waals surface area contributed by atoms with E-state index >= 15 is 0 Å². The summed E-state index contributed by atoms with van der Waals surface area (Å²) in [6.45, 7) is 4.34. The van der Waals surface area contributed by atoms with E-state index in [0.29, 0.717) is 37.4 Å². The van der Waals surface area contributed by atoms with Crippen LogP contribution in [-0.2, 0) is 14.3 Å². The van der Waals surface area contributed by atoms with Crippen LogP contribution in [-0.4, -0.2) is 59.7 Å². The Kier molecular flexibility index (Phi) is 8.06. The van der Waals surface area contributed by atoms with Gasteiger partial charge in [-0.2, -0.15) is 0 Å². The van der Waals surface area contributed by atoms with Crippen LogP contribution in [0, 0.1) is 0 Å². The summed E-state index contributed by atoms with van der Waals surface area (Å²) < 4.78 is 11.3. The maximum atomic E-state index is 13.6. The van der Waals surface area contributed by atoms with Crippen molar-refractivity contribution in [3.05, 3.63) is 65.7 Å². The van der Waals surface area contributed by atoms with Crippen LogP contribution in [0.5, 0.6) is 5.75 Å². The largest absolute Gasteiger partial charge is 0.492 e. The lowest BCUT2D eigenvalue weighted by molar-refractivity contribution is -0.154. The van der Waals surface area contributed by atoms with Crippen molar-refractivity contribution in [1.29, 1.82) is 0 Å². The minimum atomic E-state index is -1.10. The third kappa shape index (κ3) is 5.70. The van der Waals surface area contributed by atoms with Gasteiger partial charge >= 0.3 is 5.97 Å². The number of amides is 2. The summed E-state index contributed by atoms with van der Waals surface area (Å²) in [7, 11) is 0. The van der Waals surface area contributed by atoms with Crippen molar-refractivity contribution in [2.45, 2.75) is 38.3 Å². The molecule has 1 saturated heterocycles. The van der Waals surface area contributed by atoms with Gasteiger partial charge in [0.15, 0.2) is 0 Å². The minimum Gasteiger partial charge on any atom is -0.492 e. The molecule has 1 atom stereocenters. The molecular formula is C25H30N2O6. The van der Waals surface area contributed by atoms with Gasteiger partial charge in [0.1, 0.15) is 17.9 Å². The Hall–Kier alpha value is -3.39. The number of carbonyl (C=O) groups is 3. The van der Waals surface area contributed by atoms with Crippen molar-refractivity contribution in [3.63, 3.8) is 0 Å². The van der Waals surface area contributed by atoms with Crippen molar-refractivity contribution < 1.29 is 29.0 Å². The van der Waals surface area contributed by atoms with Crippen LogP contribution in [0.2, 0.25) is 0 Å². The molecule has 0 aromatic heterocycles. The lowest BCUT2D eigenvalue weighted by Gasteiger charge is -2.45. The van der Waals surface area contributed by atoms with E-state index in [1.807, 2.05) is 30.3 Å². The maximum absolute atomic E-state index is 13.6. The highest BCUT2D eigenvalue weighted by Crippen LogP contribution is 2.30. The number of hydrogen-bond acceptors (Lipinski definition) is 5. The lowest BCUT2D eigenvalue weighted by Crippen LogP contribution is -2.63. The summed E-state index contributed by atoms with van der Waals surface area (Å²) in [6, 6.07) is 15.3. The number of aromatic carboxylic acids is 1. The Balaban J connectivity index is 1.80. The molecule has 176 valence electrons. The predicted octanol–water partition coefficient (Wildman–Crippen LogP) is 3.04. The molecule has 0 aliphatic carbocycles. The fourth-order valence-electron chi connectivity index (χ4n) is 4.25. The van der Waals surface area contributed by atoms with Crippen LogP contribution in [0.1, 0.15) is 48.7 Å². The quantitative estimate of drug-likeness (QED) is 0.603. The second-order valence-electron chi connectivity index (χ2n) is 8.06. The number of carboxylic acids is 1. The van der Waals surface area contributed by atoms with Gasteiger partial charge in [0.05, 0.1) is 18.2 Å². The van der Waals surface area contributed by atoms with E-state index in [0.717, 1.165) is 0 Å². The zero-order chi connectivity index (χ0) is 23.8. The number of rotatable bonds is 9. The zero-order valence-electron chi connectivity index (χ0n) is 19.0. The molecule has 2 aromatic carbocycles. The highest BCUT2D eigenvalue weighted by Gasteiger charge is 2.47. The van der Waals surface area contributed by atoms with E-state index in [2.05, 4.69) is 5.32 Å². The average molecular weight is 455 g/mol. The van der Waals surface area contributed by atoms with Gasteiger partial charge in [-0.25, -0.2) is 4.79 Å². The zero-order valence-corrected chi connectivity index (χ0v) is 19.0. The number of ether oxygens (including phenoxy) is 2. The molecule has 33 heavy (non-hydrogen) atoms. The maximum Gasteiger partial charge on any atom is 0.336 e. The van der Waals surface area contributed by atoms with E-state index in [1.165, 1.54) is 13.0 Å². The average Bonchev–Trinajstić information content (AvgIpc) is 2.82. The standard InChI is InChI=1S/C25H30N2O6/c1-18(21-10-6-7-11-22(21)23(29)30)26-24(31)25(12-15-32-16-13-25)27(19(2)28)14-17-33-20-8-4-3-5-9-20/h3-11,18H,12-17H2,1-2H3,(H,26,31)(H,29,30). The first-order chi connectivity index (χ1) is 15.8. The SMILES string of the molecule is CC(=O)N(CCOc1ccccc1)C1(C(=O)NC(C)c2ccccc2C(=O)O)CCOCC1. The summed E-state index contributed by atoms with van der Waals surface area (Å²) >= 11 is 0. The number of nitrogens with one attached hydrogen (secondary N) is 1. The third-order valence-electron chi connectivity index (χ3n) is 5.97. The monoisotopic (exact) mass is 454 g/mol. The van der Waals surface area contributed by atoms with Gasteiger partial charge < -0.3 is 24.8 Å². The molecule has 0 spiro atoms. The van der Waals surface area contributed by atoms with E-state index in [4.69, 9.17) is 9.47 Å². The molecule has 1 unspecified atom stereocenters. The Morgan fingerprint density at radius 3 is 2.36 bits per heavy atom. The van der Waals surface area contributed by atoms with Gasteiger partial charge in [0.25, 0.3) is 0 Å². The third-order valence-corrected chi connectivity index (χ3v) is 5.97. The Morgan fingerprint density at radius 1 is 1.09 bits per heavy atom. The van der Waals surface area contributed by atoms with Crippen LogP contribution in [0.25, 0.3) is 0 Å². The smallest absolute Gasteiger partial charge is 0.336 e. The molecule has 2 aromatic rings. The Morgan fingerprint density at radius 2 is 1.73 bits per heavy atom. The van der Waals surface area contributed by atoms with Gasteiger partial charge in [0, 0.05) is 33.0 Å². The normalized spacial score (nSPS) is 15.8. The Bertz CT molecular complexity index is 972. The second kappa shape index (κ2) is 11.0. The van der Waals surface area contributed by atoms with E-state index in [9.17, 15) is 19.5 Å². The van der Waals surface area contributed by atoms with Crippen LogP contribution in [0.15, 0.2) is 54.6 Å². The molecule has 3 rings (SSSR count). The van der Waals surface area contributed by atoms with Gasteiger partial charge in [0.2, 0.25) is 11.8 Å². The fourth-order valence-corrected chi connectivity index (χ4v) is 4.25. The number of carbonyl (C=O) groups excluding carboxylic acids is 2. The molecule has 1 aliphatic heterocycles. The number of carboxylic acid groups (broad SMARTS) is 1. The molecule has 1 fully saturated rings. The molecule has 8 heteroatoms. The topological polar surface area (TPSA) is 105 Å². The highest BCUT2D eigenvalue weighted by atomic mass is 16.5. The van der Waals surface area contributed by atoms with Crippen molar-refractivity contribution in [2.75, 3.05) is 26.4 Å². The molecule has 8 nitrogen and oxygen atoms in total. The minimum absolute atomic E-state index is 0.131. The molecule has 2 amide bonds. The van der Waals surface area contributed by atoms with E-state index < -0.39 is 17.6 Å². The molecule has 0 radical (unpaired) electrons. The number of nitrogens with zero attached hydrogens (tertiary/aromatic N) is 1. The van der Waals surface area contributed by atoms with Gasteiger partial charge in [-0.1, -0.05) is 36.4 Å². The first-order valence-corrected chi connectivity index (χ1v) is 11.0. The van der Waals surface area contributed by atoms with Crippen LogP contribution in [0.3, 0.4) is 0 Å². The fraction of sp³-hybridized carbons (Fsp3) is 0.400. The number of para-hydroxylation sites is 1. The van der Waals surface area contributed by atoms with Crippen molar-refractivity contribution in [3.8, 4) is 5.75 Å². The van der Waals surface area contributed by atoms with E-state index in [1.54, 1.807) is 30.0 Å². The lowest BCUT2D eigenvalue weighted by atomic mass is 9.86. The summed E-state index contributed by atoms with van der Waals surface area (Å²) in [6.07, 6.45) is 0.689. The van der Waals surface area contributed by atoms with Crippen LogP contribution < -0.4 is 10.1 Å². The van der Waals surface area contributed by atoms with Crippen molar-refractivity contribution >= 4 is 17.8 Å². The van der Waals surface area contributed by atoms with Crippen molar-refractivity contribution in [2.24, 2.45) is 0 Å². The molecule has 0 saturated carbocycles. The van der Waals surface area contributed by atoms with Crippen molar-refractivity contribution in [1.82, 2.24) is 10.2 Å². The number of hydrogen-bond donors (Lipinski definition) is 2. The summed E-state index contributed by atoms with van der Waals surface area (Å²) in [5, 5.41) is 12.5. The van der Waals surface area contributed by atoms with E-state index in [-0.39, 0.29) is 30.5 Å². The predicted molar refractivity (Wildman–Crippen MR) is 122 cm³/mol. The first kappa shape index (κ1) is 24.3. The first-order valence-electron chi connectivity index (χ1n) is 11.0. The second-order valence-corrected chi connectivity index (χ2v) is 8.06.